The summed E-state index contributed by atoms with van der Waals surface area (Å²) in [5.74, 6) is 2.38. The van der Waals surface area contributed by atoms with Gasteiger partial charge in [0.2, 0.25) is 5.91 Å². The van der Waals surface area contributed by atoms with Crippen LogP contribution in [0.3, 0.4) is 0 Å². The molecule has 0 radical (unpaired) electrons. The maximum Gasteiger partial charge on any atom is 0.224 e. The summed E-state index contributed by atoms with van der Waals surface area (Å²) in [5.41, 5.74) is 2.08. The molecule has 2 aromatic heterocycles. The first-order chi connectivity index (χ1) is 11.4. The van der Waals surface area contributed by atoms with Crippen LogP contribution < -0.4 is 0 Å². The second-order valence-corrected chi connectivity index (χ2v) is 7.02. The Morgan fingerprint density at radius 1 is 1.33 bits per heavy atom. The molecule has 0 unspecified atom stereocenters. The highest BCUT2D eigenvalue weighted by molar-refractivity contribution is 5.76. The Kier molecular flexibility index (Phi) is 4.43. The largest absolute Gasteiger partial charge is 0.333 e. The van der Waals surface area contributed by atoms with Gasteiger partial charge in [-0.1, -0.05) is 13.8 Å². The van der Waals surface area contributed by atoms with E-state index in [1.54, 1.807) is 0 Å². The van der Waals surface area contributed by atoms with Crippen LogP contribution in [0.2, 0.25) is 0 Å². The summed E-state index contributed by atoms with van der Waals surface area (Å²) < 4.78 is 4.09. The van der Waals surface area contributed by atoms with E-state index in [0.717, 1.165) is 23.0 Å². The number of nitrogens with zero attached hydrogens (tertiary/aromatic N) is 6. The minimum atomic E-state index is 0.148. The van der Waals surface area contributed by atoms with Gasteiger partial charge < -0.3 is 9.47 Å². The van der Waals surface area contributed by atoms with Crippen molar-refractivity contribution in [1.82, 2.24) is 29.4 Å². The zero-order valence-corrected chi connectivity index (χ0v) is 15.2. The normalized spacial score (nSPS) is 17.4. The van der Waals surface area contributed by atoms with Gasteiger partial charge in [0, 0.05) is 31.1 Å². The molecule has 0 saturated heterocycles. The molecule has 0 saturated carbocycles. The molecule has 7 nitrogen and oxygen atoms in total. The standard InChI is InChI=1S/C17H26N6O/c1-11(2)17-19-18-15-10-21(9-14(5)23(15)17)16(24)6-7-22-13(4)8-12(3)20-22/h8,11,14H,6-7,9-10H2,1-5H3/t14-/m0/s1. The van der Waals surface area contributed by atoms with E-state index in [0.29, 0.717) is 32.0 Å². The van der Waals surface area contributed by atoms with Crippen LogP contribution in [0, 0.1) is 13.8 Å². The Labute approximate surface area is 142 Å². The van der Waals surface area contributed by atoms with Gasteiger partial charge in [-0.3, -0.25) is 9.48 Å². The first-order valence-corrected chi connectivity index (χ1v) is 8.59. The summed E-state index contributed by atoms with van der Waals surface area (Å²) in [6.07, 6.45) is 0.458. The Hall–Kier alpha value is -2.18. The molecule has 0 aliphatic carbocycles. The summed E-state index contributed by atoms with van der Waals surface area (Å²) in [6, 6.07) is 2.24. The monoisotopic (exact) mass is 330 g/mol. The minimum absolute atomic E-state index is 0.148. The molecule has 2 aromatic rings. The van der Waals surface area contributed by atoms with Gasteiger partial charge >= 0.3 is 0 Å². The van der Waals surface area contributed by atoms with Crippen molar-refractivity contribution in [2.75, 3.05) is 6.54 Å². The molecule has 0 spiro atoms. The fraction of sp³-hybridized carbons (Fsp3) is 0.647. The van der Waals surface area contributed by atoms with E-state index < -0.39 is 0 Å². The van der Waals surface area contributed by atoms with Crippen molar-refractivity contribution in [1.29, 1.82) is 0 Å². The minimum Gasteiger partial charge on any atom is -0.333 e. The topological polar surface area (TPSA) is 68.8 Å². The van der Waals surface area contributed by atoms with E-state index in [2.05, 4.69) is 40.6 Å². The van der Waals surface area contributed by atoms with Gasteiger partial charge in [0.15, 0.2) is 5.82 Å². The van der Waals surface area contributed by atoms with Crippen LogP contribution in [0.1, 0.15) is 62.2 Å². The summed E-state index contributed by atoms with van der Waals surface area (Å²) in [6.45, 7) is 12.2. The Morgan fingerprint density at radius 2 is 2.08 bits per heavy atom. The smallest absolute Gasteiger partial charge is 0.224 e. The Balaban J connectivity index is 1.67. The molecular formula is C17H26N6O. The quantitative estimate of drug-likeness (QED) is 0.862. The third-order valence-corrected chi connectivity index (χ3v) is 4.56. The number of rotatable bonds is 4. The number of hydrogen-bond acceptors (Lipinski definition) is 4. The number of aryl methyl sites for hydroxylation is 3. The molecular weight excluding hydrogens is 304 g/mol. The fourth-order valence-electron chi connectivity index (χ4n) is 3.41. The summed E-state index contributed by atoms with van der Waals surface area (Å²) in [5, 5.41) is 13.0. The molecule has 1 aliphatic rings. The lowest BCUT2D eigenvalue weighted by Crippen LogP contribution is -2.41. The van der Waals surface area contributed by atoms with Gasteiger partial charge in [-0.15, -0.1) is 10.2 Å². The molecule has 0 N–H and O–H groups in total. The van der Waals surface area contributed by atoms with Crippen molar-refractivity contribution in [3.05, 3.63) is 29.1 Å². The van der Waals surface area contributed by atoms with Crippen LogP contribution in [0.5, 0.6) is 0 Å². The lowest BCUT2D eigenvalue weighted by Gasteiger charge is -2.33. The van der Waals surface area contributed by atoms with Crippen LogP contribution in [-0.2, 0) is 17.9 Å². The van der Waals surface area contributed by atoms with Crippen LogP contribution in [0.15, 0.2) is 6.07 Å². The highest BCUT2D eigenvalue weighted by Gasteiger charge is 2.29. The van der Waals surface area contributed by atoms with Crippen molar-refractivity contribution in [3.63, 3.8) is 0 Å². The molecule has 1 amide bonds. The second kappa shape index (κ2) is 6.37. The number of amides is 1. The van der Waals surface area contributed by atoms with E-state index in [1.165, 1.54) is 0 Å². The SMILES string of the molecule is Cc1cc(C)n(CCC(=O)N2Cc3nnc(C(C)C)n3[C@@H](C)C2)n1. The first kappa shape index (κ1) is 16.7. The number of aromatic nitrogens is 5. The van der Waals surface area contributed by atoms with E-state index >= 15 is 0 Å². The van der Waals surface area contributed by atoms with E-state index in [1.807, 2.05) is 29.5 Å². The van der Waals surface area contributed by atoms with E-state index in [-0.39, 0.29) is 11.9 Å². The van der Waals surface area contributed by atoms with Gasteiger partial charge in [0.05, 0.1) is 18.3 Å². The summed E-state index contributed by atoms with van der Waals surface area (Å²) in [4.78, 5) is 14.5. The molecule has 7 heteroatoms. The van der Waals surface area contributed by atoms with Gasteiger partial charge in [-0.2, -0.15) is 5.10 Å². The molecule has 3 rings (SSSR count). The molecule has 0 aromatic carbocycles. The lowest BCUT2D eigenvalue weighted by molar-refractivity contribution is -0.133. The molecule has 3 heterocycles. The molecule has 1 atom stereocenters. The third kappa shape index (κ3) is 3.07. The zero-order chi connectivity index (χ0) is 17.4. The van der Waals surface area contributed by atoms with Crippen LogP contribution in [0.4, 0.5) is 0 Å². The van der Waals surface area contributed by atoms with Crippen molar-refractivity contribution in [2.24, 2.45) is 0 Å². The van der Waals surface area contributed by atoms with Gasteiger partial charge in [0.25, 0.3) is 0 Å². The number of fused-ring (bicyclic) bond motifs is 1. The second-order valence-electron chi connectivity index (χ2n) is 7.02. The Morgan fingerprint density at radius 3 is 2.71 bits per heavy atom. The average Bonchev–Trinajstić information content (AvgIpc) is 3.08. The third-order valence-electron chi connectivity index (χ3n) is 4.56. The fourth-order valence-corrected chi connectivity index (χ4v) is 3.41. The predicted octanol–water partition coefficient (Wildman–Crippen LogP) is 2.21. The number of hydrogen-bond donors (Lipinski definition) is 0. The van der Waals surface area contributed by atoms with Crippen molar-refractivity contribution in [2.45, 2.75) is 66.1 Å². The highest BCUT2D eigenvalue weighted by atomic mass is 16.2. The molecule has 0 bridgehead atoms. The lowest BCUT2D eigenvalue weighted by atomic mass is 10.1. The maximum absolute atomic E-state index is 12.6. The average molecular weight is 330 g/mol. The molecule has 0 fully saturated rings. The molecule has 24 heavy (non-hydrogen) atoms. The van der Waals surface area contributed by atoms with Crippen molar-refractivity contribution >= 4 is 5.91 Å². The van der Waals surface area contributed by atoms with Crippen molar-refractivity contribution < 1.29 is 4.79 Å². The van der Waals surface area contributed by atoms with Gasteiger partial charge in [-0.25, -0.2) is 0 Å². The maximum atomic E-state index is 12.6. The summed E-state index contributed by atoms with van der Waals surface area (Å²) >= 11 is 0. The molecule has 130 valence electrons. The van der Waals surface area contributed by atoms with Gasteiger partial charge in [-0.05, 0) is 26.8 Å². The number of carbonyl (C=O) groups is 1. The van der Waals surface area contributed by atoms with Crippen molar-refractivity contribution in [3.8, 4) is 0 Å². The van der Waals surface area contributed by atoms with E-state index in [4.69, 9.17) is 0 Å². The van der Waals surface area contributed by atoms with Crippen LogP contribution in [-0.4, -0.2) is 41.9 Å². The summed E-state index contributed by atoms with van der Waals surface area (Å²) in [7, 11) is 0. The number of carbonyl (C=O) groups excluding carboxylic acids is 1. The highest BCUT2D eigenvalue weighted by Crippen LogP contribution is 2.25. The van der Waals surface area contributed by atoms with E-state index in [9.17, 15) is 4.79 Å². The Bertz CT molecular complexity index is 744. The molecule has 1 aliphatic heterocycles. The zero-order valence-electron chi connectivity index (χ0n) is 15.2. The van der Waals surface area contributed by atoms with Crippen LogP contribution in [0.25, 0.3) is 0 Å². The first-order valence-electron chi connectivity index (χ1n) is 8.59. The van der Waals surface area contributed by atoms with Gasteiger partial charge in [0.1, 0.15) is 5.82 Å². The van der Waals surface area contributed by atoms with Crippen LogP contribution >= 0.6 is 0 Å². The predicted molar refractivity (Wildman–Crippen MR) is 90.6 cm³/mol.